The van der Waals surface area contributed by atoms with Gasteiger partial charge in [-0.05, 0) is 60.3 Å². The minimum absolute atomic E-state index is 0.0323. The Labute approximate surface area is 205 Å². The summed E-state index contributed by atoms with van der Waals surface area (Å²) < 4.78 is 1.97. The van der Waals surface area contributed by atoms with E-state index >= 15 is 0 Å². The second kappa shape index (κ2) is 9.29. The highest BCUT2D eigenvalue weighted by Gasteiger charge is 2.21. The Morgan fingerprint density at radius 1 is 0.914 bits per heavy atom. The van der Waals surface area contributed by atoms with Crippen LogP contribution in [0, 0.1) is 6.92 Å². The molecule has 0 amide bonds. The minimum atomic E-state index is -0.405. The number of thiophene rings is 1. The number of carbonyl (C=O) groups excluding carboxylic acids is 2. The van der Waals surface area contributed by atoms with Crippen LogP contribution >= 0.6 is 11.3 Å². The first-order valence-corrected chi connectivity index (χ1v) is 12.0. The lowest BCUT2D eigenvalue weighted by Crippen LogP contribution is -2.17. The van der Waals surface area contributed by atoms with Crippen molar-refractivity contribution in [3.63, 3.8) is 0 Å². The van der Waals surface area contributed by atoms with Crippen molar-refractivity contribution >= 4 is 50.4 Å². The molecule has 0 aliphatic rings. The smallest absolute Gasteiger partial charge is 0.215 e. The third-order valence-corrected chi connectivity index (χ3v) is 7.04. The van der Waals surface area contributed by atoms with Gasteiger partial charge in [-0.15, -0.1) is 11.3 Å². The van der Waals surface area contributed by atoms with Crippen LogP contribution < -0.4 is 0 Å². The first-order chi connectivity index (χ1) is 17.0. The molecule has 0 spiro atoms. The van der Waals surface area contributed by atoms with Crippen molar-refractivity contribution in [1.29, 1.82) is 0 Å². The van der Waals surface area contributed by atoms with Crippen LogP contribution in [0.4, 0.5) is 0 Å². The van der Waals surface area contributed by atoms with Gasteiger partial charge in [0.05, 0.1) is 11.5 Å². The van der Waals surface area contributed by atoms with Gasteiger partial charge < -0.3 is 14.9 Å². The number of rotatable bonds is 7. The highest BCUT2D eigenvalue weighted by Crippen LogP contribution is 2.32. The van der Waals surface area contributed by atoms with E-state index in [0.29, 0.717) is 28.1 Å². The molecule has 7 heteroatoms. The highest BCUT2D eigenvalue weighted by atomic mass is 32.1. The first kappa shape index (κ1) is 22.7. The Hall–Kier alpha value is -4.07. The Bertz CT molecular complexity index is 1610. The summed E-state index contributed by atoms with van der Waals surface area (Å²) in [5.41, 5.74) is 3.97. The summed E-state index contributed by atoms with van der Waals surface area (Å²) in [4.78, 5) is 27.0. The summed E-state index contributed by atoms with van der Waals surface area (Å²) in [6.07, 6.45) is 0. The molecule has 2 heterocycles. The zero-order valence-electron chi connectivity index (χ0n) is 18.9. The van der Waals surface area contributed by atoms with Gasteiger partial charge in [0.25, 0.3) is 0 Å². The molecule has 6 nitrogen and oxygen atoms in total. The summed E-state index contributed by atoms with van der Waals surface area (Å²) >= 11 is 1.39. The van der Waals surface area contributed by atoms with Gasteiger partial charge in [-0.3, -0.25) is 9.59 Å². The molecular weight excluding hydrogens is 460 g/mol. The fraction of sp³-hybridized carbons (Fsp3) is 0.107. The van der Waals surface area contributed by atoms with Crippen LogP contribution in [0.15, 0.2) is 83.3 Å². The SMILES string of the molecule is Cc1ccccc1/C(=N\O)C(=O)c1ccc2c(c1)c1cc(C(=O)c3cccs3)ccc1n2CCO. The lowest BCUT2D eigenvalue weighted by molar-refractivity contribution is 0.104. The Morgan fingerprint density at radius 2 is 1.60 bits per heavy atom. The quantitative estimate of drug-likeness (QED) is 0.140. The monoisotopic (exact) mass is 482 g/mol. The van der Waals surface area contributed by atoms with E-state index in [9.17, 15) is 19.9 Å². The number of aryl methyl sites for hydroxylation is 1. The molecule has 0 unspecified atom stereocenters. The maximum absolute atomic E-state index is 13.4. The largest absolute Gasteiger partial charge is 0.410 e. The highest BCUT2D eigenvalue weighted by molar-refractivity contribution is 7.12. The van der Waals surface area contributed by atoms with Crippen LogP contribution in [0.3, 0.4) is 0 Å². The van der Waals surface area contributed by atoms with Crippen molar-refractivity contribution < 1.29 is 19.9 Å². The van der Waals surface area contributed by atoms with Gasteiger partial charge in [-0.1, -0.05) is 35.5 Å². The summed E-state index contributed by atoms with van der Waals surface area (Å²) in [5.74, 6) is -0.469. The fourth-order valence-corrected chi connectivity index (χ4v) is 5.16. The zero-order valence-corrected chi connectivity index (χ0v) is 19.7. The molecule has 2 N–H and O–H groups in total. The third kappa shape index (κ3) is 3.95. The van der Waals surface area contributed by atoms with Gasteiger partial charge in [-0.25, -0.2) is 0 Å². The van der Waals surface area contributed by atoms with Crippen LogP contribution in [-0.2, 0) is 6.54 Å². The van der Waals surface area contributed by atoms with Crippen LogP contribution in [0.5, 0.6) is 0 Å². The lowest BCUT2D eigenvalue weighted by Gasteiger charge is -2.08. The molecule has 0 aliphatic heterocycles. The van der Waals surface area contributed by atoms with Gasteiger partial charge in [0.2, 0.25) is 11.6 Å². The summed E-state index contributed by atoms with van der Waals surface area (Å²) in [6.45, 7) is 2.17. The van der Waals surface area contributed by atoms with E-state index in [0.717, 1.165) is 27.4 Å². The van der Waals surface area contributed by atoms with Gasteiger partial charge in [0.15, 0.2) is 5.71 Å². The van der Waals surface area contributed by atoms with Crippen molar-refractivity contribution in [2.75, 3.05) is 6.61 Å². The lowest BCUT2D eigenvalue weighted by atomic mass is 9.96. The molecule has 0 bridgehead atoms. The average molecular weight is 483 g/mol. The summed E-state index contributed by atoms with van der Waals surface area (Å²) in [7, 11) is 0. The van der Waals surface area contributed by atoms with Gasteiger partial charge >= 0.3 is 0 Å². The van der Waals surface area contributed by atoms with E-state index in [1.807, 2.05) is 53.3 Å². The molecular formula is C28H22N2O4S. The fourth-order valence-electron chi connectivity index (χ4n) is 4.47. The second-order valence-electron chi connectivity index (χ2n) is 8.24. The van der Waals surface area contributed by atoms with E-state index < -0.39 is 5.78 Å². The van der Waals surface area contributed by atoms with Crippen LogP contribution in [-0.4, -0.2) is 38.8 Å². The number of aliphatic hydroxyl groups is 1. The van der Waals surface area contributed by atoms with Gasteiger partial charge in [0, 0.05) is 45.0 Å². The first-order valence-electron chi connectivity index (χ1n) is 11.1. The Morgan fingerprint density at radius 3 is 2.23 bits per heavy atom. The predicted octanol–water partition coefficient (Wildman–Crippen LogP) is 5.45. The van der Waals surface area contributed by atoms with E-state index in [2.05, 4.69) is 5.16 Å². The standard InChI is InChI=1S/C28H22N2O4S/c1-17-5-2-3-6-20(17)26(29-34)28(33)19-9-11-24-22(16-19)21-15-18(27(32)25-7-4-14-35-25)8-10-23(21)30(24)12-13-31/h2-11,14-16,31,34H,12-13H2,1H3/b29-26+. The van der Waals surface area contributed by atoms with Crippen LogP contribution in [0.1, 0.15) is 36.7 Å². The van der Waals surface area contributed by atoms with Gasteiger partial charge in [-0.2, -0.15) is 0 Å². The molecule has 2 aromatic heterocycles. The number of hydrogen-bond acceptors (Lipinski definition) is 6. The normalized spacial score (nSPS) is 11.9. The molecule has 3 aromatic carbocycles. The molecule has 5 aromatic rings. The Balaban J connectivity index is 1.67. The number of aliphatic hydroxyl groups excluding tert-OH is 1. The maximum Gasteiger partial charge on any atom is 0.215 e. The van der Waals surface area contributed by atoms with Crippen LogP contribution in [0.25, 0.3) is 21.8 Å². The van der Waals surface area contributed by atoms with Crippen LogP contribution in [0.2, 0.25) is 0 Å². The van der Waals surface area contributed by atoms with Crippen molar-refractivity contribution in [3.8, 4) is 0 Å². The number of benzene rings is 3. The third-order valence-electron chi connectivity index (χ3n) is 6.17. The van der Waals surface area contributed by atoms with E-state index in [-0.39, 0.29) is 18.1 Å². The second-order valence-corrected chi connectivity index (χ2v) is 9.19. The van der Waals surface area contributed by atoms with Crippen molar-refractivity contribution in [1.82, 2.24) is 4.57 Å². The molecule has 0 atom stereocenters. The maximum atomic E-state index is 13.4. The molecule has 0 fully saturated rings. The topological polar surface area (TPSA) is 91.9 Å². The molecule has 0 saturated carbocycles. The molecule has 5 rings (SSSR count). The molecule has 0 aliphatic carbocycles. The zero-order chi connectivity index (χ0) is 24.5. The predicted molar refractivity (Wildman–Crippen MR) is 138 cm³/mol. The number of carbonyl (C=O) groups is 2. The molecule has 35 heavy (non-hydrogen) atoms. The molecule has 174 valence electrons. The number of Topliss-reactive ketones (excluding diaryl/α,β-unsaturated/α-hetero) is 1. The summed E-state index contributed by atoms with van der Waals surface area (Å²) in [5, 5.41) is 26.1. The van der Waals surface area contributed by atoms with Crippen molar-refractivity contribution in [2.24, 2.45) is 5.16 Å². The summed E-state index contributed by atoms with van der Waals surface area (Å²) in [6, 6.07) is 21.7. The average Bonchev–Trinajstić information content (AvgIpc) is 3.52. The van der Waals surface area contributed by atoms with Crippen molar-refractivity contribution in [3.05, 3.63) is 105 Å². The molecule has 0 saturated heterocycles. The minimum Gasteiger partial charge on any atom is -0.410 e. The number of nitrogens with zero attached hydrogens (tertiary/aromatic N) is 2. The van der Waals surface area contributed by atoms with E-state index in [1.54, 1.807) is 36.4 Å². The van der Waals surface area contributed by atoms with E-state index in [4.69, 9.17) is 0 Å². The molecule has 0 radical (unpaired) electrons. The Kier molecular flexibility index (Phi) is 6.03. The number of hydrogen-bond donors (Lipinski definition) is 2. The number of oxime groups is 1. The number of ketones is 2. The van der Waals surface area contributed by atoms with E-state index in [1.165, 1.54) is 11.3 Å². The number of aromatic nitrogens is 1. The van der Waals surface area contributed by atoms with Crippen molar-refractivity contribution in [2.45, 2.75) is 13.5 Å². The number of fused-ring (bicyclic) bond motifs is 3. The van der Waals surface area contributed by atoms with Gasteiger partial charge in [0.1, 0.15) is 0 Å².